The molecule has 0 saturated heterocycles. The Labute approximate surface area is 93.0 Å². The molecule has 0 heterocycles. The van der Waals surface area contributed by atoms with Gasteiger partial charge in [0.25, 0.3) is 5.69 Å². The van der Waals surface area contributed by atoms with Gasteiger partial charge in [-0.1, -0.05) is 25.4 Å². The first kappa shape index (κ1) is 11.8. The quantitative estimate of drug-likeness (QED) is 0.588. The normalized spacial score (nSPS) is 10.4. The first-order valence-electron chi connectivity index (χ1n) is 4.57. The number of non-ortho nitro benzene ring substituents is 1. The fraction of sp³-hybridized carbons (Fsp3) is 0.400. The van der Waals surface area contributed by atoms with Crippen molar-refractivity contribution in [1.82, 2.24) is 0 Å². The molecule has 4 nitrogen and oxygen atoms in total. The number of ether oxygens (including phenoxy) is 1. The molecule has 1 aromatic carbocycles. The van der Waals surface area contributed by atoms with Crippen LogP contribution in [0, 0.1) is 16.0 Å². The second kappa shape index (κ2) is 4.98. The van der Waals surface area contributed by atoms with E-state index in [9.17, 15) is 10.1 Å². The van der Waals surface area contributed by atoms with Crippen molar-refractivity contribution in [1.29, 1.82) is 0 Å². The van der Waals surface area contributed by atoms with Crippen LogP contribution in [0.1, 0.15) is 13.8 Å². The van der Waals surface area contributed by atoms with Crippen LogP contribution >= 0.6 is 11.6 Å². The van der Waals surface area contributed by atoms with E-state index in [-0.39, 0.29) is 10.7 Å². The largest absolute Gasteiger partial charge is 0.492 e. The lowest BCUT2D eigenvalue weighted by Crippen LogP contribution is -2.04. The molecule has 1 rings (SSSR count). The molecule has 0 aliphatic rings. The van der Waals surface area contributed by atoms with E-state index in [1.54, 1.807) is 0 Å². The fourth-order valence-corrected chi connectivity index (χ4v) is 1.21. The summed E-state index contributed by atoms with van der Waals surface area (Å²) < 4.78 is 5.38. The summed E-state index contributed by atoms with van der Waals surface area (Å²) in [5.74, 6) is 0.868. The van der Waals surface area contributed by atoms with Crippen LogP contribution in [-0.2, 0) is 0 Å². The molecule has 82 valence electrons. The molecule has 0 bridgehead atoms. The molecule has 0 spiro atoms. The Balaban J connectivity index is 2.79. The average molecular weight is 230 g/mol. The Hall–Kier alpha value is -1.29. The summed E-state index contributed by atoms with van der Waals surface area (Å²) in [6.45, 7) is 4.57. The number of benzene rings is 1. The molecule has 0 radical (unpaired) electrons. The Bertz CT molecular complexity index is 366. The van der Waals surface area contributed by atoms with Crippen molar-refractivity contribution in [2.45, 2.75) is 13.8 Å². The lowest BCUT2D eigenvalue weighted by atomic mass is 10.2. The number of nitro benzene ring substituents is 1. The maximum Gasteiger partial charge on any atom is 0.271 e. The van der Waals surface area contributed by atoms with Gasteiger partial charge in [-0.05, 0) is 12.0 Å². The van der Waals surface area contributed by atoms with E-state index in [0.717, 1.165) is 0 Å². The monoisotopic (exact) mass is 229 g/mol. The van der Waals surface area contributed by atoms with Gasteiger partial charge < -0.3 is 4.74 Å². The van der Waals surface area contributed by atoms with Crippen LogP contribution < -0.4 is 4.74 Å². The first-order valence-corrected chi connectivity index (χ1v) is 4.95. The highest BCUT2D eigenvalue weighted by Crippen LogP contribution is 2.28. The Morgan fingerprint density at radius 3 is 2.67 bits per heavy atom. The van der Waals surface area contributed by atoms with Crippen molar-refractivity contribution in [3.05, 3.63) is 33.3 Å². The highest BCUT2D eigenvalue weighted by Gasteiger charge is 2.10. The van der Waals surface area contributed by atoms with Crippen molar-refractivity contribution in [3.63, 3.8) is 0 Å². The molecule has 5 heteroatoms. The summed E-state index contributed by atoms with van der Waals surface area (Å²) in [5.41, 5.74) is -0.0307. The van der Waals surface area contributed by atoms with Gasteiger partial charge in [0.15, 0.2) is 0 Å². The van der Waals surface area contributed by atoms with Gasteiger partial charge in [-0.25, -0.2) is 0 Å². The second-order valence-electron chi connectivity index (χ2n) is 3.58. The molecule has 0 aliphatic carbocycles. The second-order valence-corrected chi connectivity index (χ2v) is 3.98. The molecule has 0 aliphatic heterocycles. The highest BCUT2D eigenvalue weighted by molar-refractivity contribution is 6.32. The third kappa shape index (κ3) is 3.40. The lowest BCUT2D eigenvalue weighted by Gasteiger charge is -2.09. The topological polar surface area (TPSA) is 52.4 Å². The number of hydrogen-bond donors (Lipinski definition) is 0. The zero-order valence-corrected chi connectivity index (χ0v) is 9.32. The van der Waals surface area contributed by atoms with Crippen molar-refractivity contribution in [2.75, 3.05) is 6.61 Å². The van der Waals surface area contributed by atoms with Gasteiger partial charge in [-0.15, -0.1) is 0 Å². The molecule has 0 N–H and O–H groups in total. The fourth-order valence-electron chi connectivity index (χ4n) is 0.977. The van der Waals surface area contributed by atoms with Crippen LogP contribution in [0.25, 0.3) is 0 Å². The third-order valence-corrected chi connectivity index (χ3v) is 1.99. The van der Waals surface area contributed by atoms with E-state index < -0.39 is 4.92 Å². The molecule has 15 heavy (non-hydrogen) atoms. The van der Waals surface area contributed by atoms with Crippen LogP contribution in [0.5, 0.6) is 5.75 Å². The predicted octanol–water partition coefficient (Wildman–Crippen LogP) is 3.28. The number of nitrogens with zero attached hydrogens (tertiary/aromatic N) is 1. The van der Waals surface area contributed by atoms with Gasteiger partial charge in [-0.3, -0.25) is 10.1 Å². The van der Waals surface area contributed by atoms with Crippen molar-refractivity contribution >= 4 is 17.3 Å². The van der Waals surface area contributed by atoms with Crippen molar-refractivity contribution < 1.29 is 9.66 Å². The van der Waals surface area contributed by atoms with E-state index in [1.165, 1.54) is 18.2 Å². The third-order valence-electron chi connectivity index (χ3n) is 1.70. The van der Waals surface area contributed by atoms with Crippen molar-refractivity contribution in [3.8, 4) is 5.75 Å². The Morgan fingerprint density at radius 1 is 1.53 bits per heavy atom. The minimum Gasteiger partial charge on any atom is -0.492 e. The maximum absolute atomic E-state index is 10.4. The zero-order valence-electron chi connectivity index (χ0n) is 8.57. The molecular formula is C10H12ClNO3. The van der Waals surface area contributed by atoms with E-state index in [4.69, 9.17) is 16.3 Å². The van der Waals surface area contributed by atoms with Gasteiger partial charge in [0.05, 0.1) is 16.6 Å². The highest BCUT2D eigenvalue weighted by atomic mass is 35.5. The maximum atomic E-state index is 10.4. The summed E-state index contributed by atoms with van der Waals surface area (Å²) in [7, 11) is 0. The van der Waals surface area contributed by atoms with E-state index in [2.05, 4.69) is 0 Å². The Kier molecular flexibility index (Phi) is 3.91. The molecular weight excluding hydrogens is 218 g/mol. The molecule has 0 amide bonds. The van der Waals surface area contributed by atoms with Gasteiger partial charge in [0.2, 0.25) is 0 Å². The molecule has 0 fully saturated rings. The predicted molar refractivity (Wildman–Crippen MR) is 58.4 cm³/mol. The number of hydrogen-bond acceptors (Lipinski definition) is 3. The van der Waals surface area contributed by atoms with Crippen LogP contribution in [-0.4, -0.2) is 11.5 Å². The van der Waals surface area contributed by atoms with E-state index in [0.29, 0.717) is 18.3 Å². The average Bonchev–Trinajstić information content (AvgIpc) is 2.15. The van der Waals surface area contributed by atoms with Gasteiger partial charge in [0.1, 0.15) is 5.75 Å². The summed E-state index contributed by atoms with van der Waals surface area (Å²) in [6, 6.07) is 4.18. The molecule has 0 atom stereocenters. The molecule has 0 saturated carbocycles. The zero-order chi connectivity index (χ0) is 11.4. The Morgan fingerprint density at radius 2 is 2.20 bits per heavy atom. The molecule has 0 unspecified atom stereocenters. The van der Waals surface area contributed by atoms with Gasteiger partial charge in [0, 0.05) is 12.1 Å². The van der Waals surface area contributed by atoms with Crippen LogP contribution in [0.15, 0.2) is 18.2 Å². The van der Waals surface area contributed by atoms with E-state index >= 15 is 0 Å². The number of nitro groups is 1. The minimum atomic E-state index is -0.488. The standard InChI is InChI=1S/C10H12ClNO3/c1-7(2)6-15-10-4-3-8(12(13)14)5-9(10)11/h3-5,7H,6H2,1-2H3. The molecule has 1 aromatic rings. The van der Waals surface area contributed by atoms with E-state index in [1.807, 2.05) is 13.8 Å². The van der Waals surface area contributed by atoms with Crippen molar-refractivity contribution in [2.24, 2.45) is 5.92 Å². The number of rotatable bonds is 4. The lowest BCUT2D eigenvalue weighted by molar-refractivity contribution is -0.384. The summed E-state index contributed by atoms with van der Waals surface area (Å²) >= 11 is 5.83. The van der Waals surface area contributed by atoms with Crippen LogP contribution in [0.4, 0.5) is 5.69 Å². The summed E-state index contributed by atoms with van der Waals surface area (Å²) in [6.07, 6.45) is 0. The van der Waals surface area contributed by atoms with Crippen LogP contribution in [0.2, 0.25) is 5.02 Å². The number of halogens is 1. The summed E-state index contributed by atoms with van der Waals surface area (Å²) in [5, 5.41) is 10.7. The SMILES string of the molecule is CC(C)COc1ccc([N+](=O)[O-])cc1Cl. The summed E-state index contributed by atoms with van der Waals surface area (Å²) in [4.78, 5) is 9.95. The smallest absolute Gasteiger partial charge is 0.271 e. The van der Waals surface area contributed by atoms with Gasteiger partial charge >= 0.3 is 0 Å². The molecule has 0 aromatic heterocycles. The first-order chi connectivity index (χ1) is 7.00. The minimum absolute atomic E-state index is 0.0307. The van der Waals surface area contributed by atoms with Gasteiger partial charge in [-0.2, -0.15) is 0 Å². The van der Waals surface area contributed by atoms with Crippen LogP contribution in [0.3, 0.4) is 0 Å².